The third kappa shape index (κ3) is 3.81. The van der Waals surface area contributed by atoms with Crippen LogP contribution in [0.25, 0.3) is 21.0 Å². The lowest BCUT2D eigenvalue weighted by molar-refractivity contribution is 0.102. The van der Waals surface area contributed by atoms with E-state index >= 15 is 0 Å². The fourth-order valence-electron chi connectivity index (χ4n) is 3.56. The number of nitrogens with one attached hydrogen (secondary N) is 2. The zero-order chi connectivity index (χ0) is 23.1. The van der Waals surface area contributed by atoms with Gasteiger partial charge < -0.3 is 16.4 Å². The molecule has 0 saturated heterocycles. The van der Waals surface area contributed by atoms with E-state index < -0.39 is 5.82 Å². The van der Waals surface area contributed by atoms with Gasteiger partial charge in [-0.2, -0.15) is 0 Å². The molecule has 0 aliphatic rings. The van der Waals surface area contributed by atoms with Crippen molar-refractivity contribution >= 4 is 72.8 Å². The first-order valence-electron chi connectivity index (χ1n) is 9.82. The molecule has 4 N–H and O–H groups in total. The third-order valence-corrected chi connectivity index (χ3v) is 6.43. The molecule has 0 radical (unpaired) electrons. The fourth-order valence-corrected chi connectivity index (χ4v) is 4.62. The van der Waals surface area contributed by atoms with Gasteiger partial charge in [0.1, 0.15) is 23.8 Å². The molecule has 2 aromatic carbocycles. The maximum atomic E-state index is 14.3. The van der Waals surface area contributed by atoms with E-state index in [-0.39, 0.29) is 11.6 Å². The van der Waals surface area contributed by atoms with Crippen LogP contribution < -0.4 is 16.4 Å². The normalized spacial score (nSPS) is 11.1. The summed E-state index contributed by atoms with van der Waals surface area (Å²) in [5.41, 5.74) is 8.55. The number of nitrogens with zero attached hydrogens (tertiary/aromatic N) is 3. The van der Waals surface area contributed by atoms with Crippen molar-refractivity contribution < 1.29 is 9.18 Å². The Morgan fingerprint density at radius 3 is 2.79 bits per heavy atom. The van der Waals surface area contributed by atoms with E-state index in [4.69, 9.17) is 17.3 Å². The molecule has 0 atom stereocenters. The summed E-state index contributed by atoms with van der Waals surface area (Å²) in [6.45, 7) is 1.90. The van der Waals surface area contributed by atoms with Crippen molar-refractivity contribution in [2.24, 2.45) is 0 Å². The van der Waals surface area contributed by atoms with Gasteiger partial charge in [0, 0.05) is 27.4 Å². The number of halogens is 2. The van der Waals surface area contributed by atoms with E-state index in [2.05, 4.69) is 25.6 Å². The molecule has 0 spiro atoms. The van der Waals surface area contributed by atoms with Crippen LogP contribution in [0, 0.1) is 12.7 Å². The molecule has 0 aliphatic heterocycles. The summed E-state index contributed by atoms with van der Waals surface area (Å²) in [5, 5.41) is 9.50. The molecule has 0 aliphatic carbocycles. The van der Waals surface area contributed by atoms with E-state index in [0.717, 1.165) is 16.3 Å². The Kier molecular flexibility index (Phi) is 5.27. The quantitative estimate of drug-likeness (QED) is 0.296. The van der Waals surface area contributed by atoms with Crippen molar-refractivity contribution in [1.29, 1.82) is 0 Å². The molecule has 1 amide bonds. The molecular weight excluding hydrogens is 463 g/mol. The summed E-state index contributed by atoms with van der Waals surface area (Å²) in [5.74, 6) is -0.0233. The van der Waals surface area contributed by atoms with E-state index in [1.54, 1.807) is 29.8 Å². The second kappa shape index (κ2) is 8.27. The van der Waals surface area contributed by atoms with Crippen LogP contribution in [0.15, 0.2) is 54.3 Å². The standard InChI is InChI=1S/C23H16ClFN6OS/c1-11-2-4-14-13(6-7-27-22(14)30-17-5-3-12(24)8-16(17)25)18(11)31-23(32)15-9-33-20-19(15)28-10-29-21(20)26/h2-10H,1H3,(H,27,30)(H,31,32)(H2,26,28,29). The number of hydrogen-bond acceptors (Lipinski definition) is 7. The van der Waals surface area contributed by atoms with Crippen molar-refractivity contribution in [2.75, 3.05) is 16.4 Å². The lowest BCUT2D eigenvalue weighted by atomic mass is 10.0. The summed E-state index contributed by atoms with van der Waals surface area (Å²) < 4.78 is 15.0. The molecular formula is C23H16ClFN6OS. The number of thiophene rings is 1. The van der Waals surface area contributed by atoms with Gasteiger partial charge in [0.2, 0.25) is 0 Å². The topological polar surface area (TPSA) is 106 Å². The van der Waals surface area contributed by atoms with Gasteiger partial charge in [0.25, 0.3) is 5.91 Å². The first-order chi connectivity index (χ1) is 15.9. The number of amides is 1. The monoisotopic (exact) mass is 478 g/mol. The SMILES string of the molecule is Cc1ccc2c(Nc3ccc(Cl)cc3F)nccc2c1NC(=O)c1csc2c(N)ncnc12. The fraction of sp³-hybridized carbons (Fsp3) is 0.0435. The predicted octanol–water partition coefficient (Wildman–Crippen LogP) is 5.92. The average Bonchev–Trinajstić information content (AvgIpc) is 3.23. The van der Waals surface area contributed by atoms with Crippen molar-refractivity contribution in [3.05, 3.63) is 76.3 Å². The zero-order valence-corrected chi connectivity index (χ0v) is 18.8. The van der Waals surface area contributed by atoms with Gasteiger partial charge in [0.05, 0.1) is 27.2 Å². The summed E-state index contributed by atoms with van der Waals surface area (Å²) in [6, 6.07) is 9.91. The van der Waals surface area contributed by atoms with Gasteiger partial charge in [-0.1, -0.05) is 23.7 Å². The molecule has 3 aromatic heterocycles. The van der Waals surface area contributed by atoms with Crippen LogP contribution >= 0.6 is 22.9 Å². The van der Waals surface area contributed by atoms with E-state index in [9.17, 15) is 9.18 Å². The first kappa shape index (κ1) is 21.0. The van der Waals surface area contributed by atoms with Crippen molar-refractivity contribution in [3.8, 4) is 0 Å². The Bertz CT molecular complexity index is 1550. The molecule has 0 bridgehead atoms. The Balaban J connectivity index is 1.54. The molecule has 164 valence electrons. The van der Waals surface area contributed by atoms with Crippen LogP contribution in [0.1, 0.15) is 15.9 Å². The third-order valence-electron chi connectivity index (χ3n) is 5.20. The van der Waals surface area contributed by atoms with Crippen molar-refractivity contribution in [2.45, 2.75) is 6.92 Å². The van der Waals surface area contributed by atoms with Gasteiger partial charge in [-0.25, -0.2) is 19.3 Å². The van der Waals surface area contributed by atoms with Crippen LogP contribution in [-0.2, 0) is 0 Å². The van der Waals surface area contributed by atoms with Gasteiger partial charge in [0.15, 0.2) is 0 Å². The maximum Gasteiger partial charge on any atom is 0.258 e. The summed E-state index contributed by atoms with van der Waals surface area (Å²) in [4.78, 5) is 25.7. The molecule has 0 fully saturated rings. The van der Waals surface area contributed by atoms with E-state index in [0.29, 0.717) is 38.1 Å². The van der Waals surface area contributed by atoms with Gasteiger partial charge in [-0.3, -0.25) is 4.79 Å². The minimum Gasteiger partial charge on any atom is -0.382 e. The summed E-state index contributed by atoms with van der Waals surface area (Å²) >= 11 is 7.17. The lowest BCUT2D eigenvalue weighted by Crippen LogP contribution is -2.13. The second-order valence-corrected chi connectivity index (χ2v) is 8.62. The number of carbonyl (C=O) groups excluding carboxylic acids is 1. The molecule has 0 unspecified atom stereocenters. The molecule has 0 saturated carbocycles. The highest BCUT2D eigenvalue weighted by Crippen LogP contribution is 2.34. The van der Waals surface area contributed by atoms with Gasteiger partial charge >= 0.3 is 0 Å². The van der Waals surface area contributed by atoms with Crippen LogP contribution in [-0.4, -0.2) is 20.9 Å². The zero-order valence-electron chi connectivity index (χ0n) is 17.2. The van der Waals surface area contributed by atoms with Gasteiger partial charge in [-0.05, 0) is 36.8 Å². The molecule has 7 nitrogen and oxygen atoms in total. The molecule has 5 rings (SSSR count). The highest BCUT2D eigenvalue weighted by atomic mass is 35.5. The maximum absolute atomic E-state index is 14.3. The minimum absolute atomic E-state index is 0.243. The largest absolute Gasteiger partial charge is 0.382 e. The van der Waals surface area contributed by atoms with Crippen molar-refractivity contribution in [1.82, 2.24) is 15.0 Å². The highest BCUT2D eigenvalue weighted by molar-refractivity contribution is 7.18. The second-order valence-electron chi connectivity index (χ2n) is 7.30. The number of carbonyl (C=O) groups is 1. The Morgan fingerprint density at radius 2 is 1.97 bits per heavy atom. The number of aryl methyl sites for hydroxylation is 1. The Hall–Kier alpha value is -3.82. The van der Waals surface area contributed by atoms with Crippen LogP contribution in [0.4, 0.5) is 27.4 Å². The molecule has 33 heavy (non-hydrogen) atoms. The Morgan fingerprint density at radius 1 is 1.12 bits per heavy atom. The number of nitrogen functional groups attached to an aromatic ring is 1. The molecule has 5 aromatic rings. The lowest BCUT2D eigenvalue weighted by Gasteiger charge is -2.15. The first-order valence-corrected chi connectivity index (χ1v) is 11.1. The molecule has 3 heterocycles. The highest BCUT2D eigenvalue weighted by Gasteiger charge is 2.18. The average molecular weight is 479 g/mol. The number of pyridine rings is 1. The number of anilines is 4. The van der Waals surface area contributed by atoms with E-state index in [1.807, 2.05) is 19.1 Å². The summed E-state index contributed by atoms with van der Waals surface area (Å²) in [7, 11) is 0. The predicted molar refractivity (Wildman–Crippen MR) is 131 cm³/mol. The van der Waals surface area contributed by atoms with E-state index in [1.165, 1.54) is 23.7 Å². The minimum atomic E-state index is -0.493. The number of fused-ring (bicyclic) bond motifs is 2. The van der Waals surface area contributed by atoms with Crippen LogP contribution in [0.2, 0.25) is 5.02 Å². The number of hydrogen-bond donors (Lipinski definition) is 3. The number of aromatic nitrogens is 3. The summed E-state index contributed by atoms with van der Waals surface area (Å²) in [6.07, 6.45) is 2.94. The Labute approximate surface area is 196 Å². The smallest absolute Gasteiger partial charge is 0.258 e. The number of rotatable bonds is 4. The van der Waals surface area contributed by atoms with Crippen LogP contribution in [0.3, 0.4) is 0 Å². The van der Waals surface area contributed by atoms with Crippen molar-refractivity contribution in [3.63, 3.8) is 0 Å². The number of benzene rings is 2. The van der Waals surface area contributed by atoms with Gasteiger partial charge in [-0.15, -0.1) is 11.3 Å². The number of nitrogens with two attached hydrogens (primary N) is 1. The molecule has 10 heteroatoms. The van der Waals surface area contributed by atoms with Crippen LogP contribution in [0.5, 0.6) is 0 Å².